The fourth-order valence-corrected chi connectivity index (χ4v) is 3.27. The number of carbonyl (C=O) groups excluding carboxylic acids is 2. The van der Waals surface area contributed by atoms with Gasteiger partial charge < -0.3 is 15.1 Å². The molecule has 5 nitrogen and oxygen atoms in total. The van der Waals surface area contributed by atoms with Crippen LogP contribution in [0.2, 0.25) is 0 Å². The zero-order valence-corrected chi connectivity index (χ0v) is 16.4. The van der Waals surface area contributed by atoms with Crippen LogP contribution in [0.3, 0.4) is 0 Å². The van der Waals surface area contributed by atoms with Crippen LogP contribution in [0, 0.1) is 5.82 Å². The number of rotatable bonds is 7. The Kier molecular flexibility index (Phi) is 7.39. The highest BCUT2D eigenvalue weighted by molar-refractivity contribution is 5.91. The third-order valence-corrected chi connectivity index (χ3v) is 4.92. The lowest BCUT2D eigenvalue weighted by molar-refractivity contribution is -0.131. The molecule has 2 amide bonds. The van der Waals surface area contributed by atoms with Crippen LogP contribution in [-0.4, -0.2) is 49.4 Å². The molecule has 6 heteroatoms. The third-order valence-electron chi connectivity index (χ3n) is 4.92. The number of amides is 2. The second kappa shape index (κ2) is 10.4. The van der Waals surface area contributed by atoms with Gasteiger partial charge in [-0.25, -0.2) is 4.39 Å². The zero-order chi connectivity index (χ0) is 20.5. The Balaban J connectivity index is 1.32. The third kappa shape index (κ3) is 6.45. The van der Waals surface area contributed by atoms with Crippen LogP contribution in [0.25, 0.3) is 6.08 Å². The summed E-state index contributed by atoms with van der Waals surface area (Å²) >= 11 is 0. The Bertz CT molecular complexity index is 829. The summed E-state index contributed by atoms with van der Waals surface area (Å²) in [5.41, 5.74) is 1.95. The van der Waals surface area contributed by atoms with E-state index in [9.17, 15) is 14.0 Å². The summed E-state index contributed by atoms with van der Waals surface area (Å²) in [4.78, 5) is 28.4. The van der Waals surface area contributed by atoms with Crippen molar-refractivity contribution < 1.29 is 14.0 Å². The average molecular weight is 395 g/mol. The number of hydrogen-bond donors (Lipinski definition) is 1. The number of para-hydroxylation sites is 1. The van der Waals surface area contributed by atoms with E-state index < -0.39 is 0 Å². The molecule has 2 aromatic rings. The first kappa shape index (κ1) is 20.6. The zero-order valence-electron chi connectivity index (χ0n) is 16.4. The monoisotopic (exact) mass is 395 g/mol. The van der Waals surface area contributed by atoms with Gasteiger partial charge in [-0.15, -0.1) is 0 Å². The molecule has 0 aromatic heterocycles. The molecule has 1 aliphatic rings. The minimum atomic E-state index is -0.308. The molecule has 0 atom stereocenters. The van der Waals surface area contributed by atoms with Crippen molar-refractivity contribution in [3.05, 3.63) is 72.1 Å². The molecule has 1 aliphatic heterocycles. The molecule has 0 aliphatic carbocycles. The smallest absolute Gasteiger partial charge is 0.243 e. The van der Waals surface area contributed by atoms with Crippen LogP contribution in [0.15, 0.2) is 60.7 Å². The van der Waals surface area contributed by atoms with Crippen LogP contribution in [0.4, 0.5) is 10.1 Å². The molecule has 1 heterocycles. The lowest BCUT2D eigenvalue weighted by Gasteiger charge is -2.36. The predicted molar refractivity (Wildman–Crippen MR) is 113 cm³/mol. The molecule has 0 saturated carbocycles. The van der Waals surface area contributed by atoms with Gasteiger partial charge in [0.2, 0.25) is 11.8 Å². The number of nitrogens with one attached hydrogen (secondary N) is 1. The number of nitrogens with zero attached hydrogens (tertiary/aromatic N) is 2. The van der Waals surface area contributed by atoms with Gasteiger partial charge in [0.1, 0.15) is 5.82 Å². The molecule has 0 spiro atoms. The van der Waals surface area contributed by atoms with E-state index >= 15 is 0 Å². The van der Waals surface area contributed by atoms with E-state index in [4.69, 9.17) is 0 Å². The Hall–Kier alpha value is -3.15. The number of carbonyl (C=O) groups is 2. The second-order valence-corrected chi connectivity index (χ2v) is 6.98. The molecule has 1 N–H and O–H groups in total. The average Bonchev–Trinajstić information content (AvgIpc) is 2.77. The van der Waals surface area contributed by atoms with Crippen LogP contribution >= 0.6 is 0 Å². The van der Waals surface area contributed by atoms with Crippen LogP contribution < -0.4 is 10.2 Å². The van der Waals surface area contributed by atoms with Crippen molar-refractivity contribution in [1.82, 2.24) is 10.2 Å². The molecular weight excluding hydrogens is 369 g/mol. The molecule has 0 radical (unpaired) electrons. The Morgan fingerprint density at radius 2 is 1.66 bits per heavy atom. The summed E-state index contributed by atoms with van der Waals surface area (Å²) in [6.07, 6.45) is 4.07. The van der Waals surface area contributed by atoms with Crippen molar-refractivity contribution in [2.24, 2.45) is 0 Å². The normalized spacial score (nSPS) is 14.2. The first-order valence-electron chi connectivity index (χ1n) is 9.91. The van der Waals surface area contributed by atoms with Crippen LogP contribution in [0.5, 0.6) is 0 Å². The molecule has 0 unspecified atom stereocenters. The lowest BCUT2D eigenvalue weighted by Crippen LogP contribution is -2.48. The van der Waals surface area contributed by atoms with Crippen LogP contribution in [0.1, 0.15) is 18.4 Å². The highest BCUT2D eigenvalue weighted by Gasteiger charge is 2.20. The molecule has 1 fully saturated rings. The van der Waals surface area contributed by atoms with Gasteiger partial charge in [0.05, 0.1) is 0 Å². The van der Waals surface area contributed by atoms with Crippen molar-refractivity contribution in [2.75, 3.05) is 37.6 Å². The van der Waals surface area contributed by atoms with Gasteiger partial charge in [-0.2, -0.15) is 0 Å². The van der Waals surface area contributed by atoms with Crippen LogP contribution in [-0.2, 0) is 9.59 Å². The minimum absolute atomic E-state index is 0.133. The van der Waals surface area contributed by atoms with E-state index in [1.54, 1.807) is 18.2 Å². The van der Waals surface area contributed by atoms with E-state index in [1.807, 2.05) is 23.1 Å². The van der Waals surface area contributed by atoms with Crippen molar-refractivity contribution in [2.45, 2.75) is 12.8 Å². The first-order valence-corrected chi connectivity index (χ1v) is 9.91. The number of piperazine rings is 1. The van der Waals surface area contributed by atoms with E-state index in [1.165, 1.54) is 23.9 Å². The molecule has 3 rings (SSSR count). The maximum Gasteiger partial charge on any atom is 0.243 e. The van der Waals surface area contributed by atoms with E-state index in [2.05, 4.69) is 22.3 Å². The van der Waals surface area contributed by atoms with Crippen molar-refractivity contribution in [3.8, 4) is 0 Å². The summed E-state index contributed by atoms with van der Waals surface area (Å²) in [6.45, 7) is 3.56. The summed E-state index contributed by atoms with van der Waals surface area (Å²) in [6, 6.07) is 16.1. The molecule has 152 valence electrons. The number of benzene rings is 2. The van der Waals surface area contributed by atoms with Crippen molar-refractivity contribution in [3.63, 3.8) is 0 Å². The second-order valence-electron chi connectivity index (χ2n) is 6.98. The fraction of sp³-hybridized carbons (Fsp3) is 0.304. The molecule has 2 aromatic carbocycles. The topological polar surface area (TPSA) is 52.7 Å². The van der Waals surface area contributed by atoms with Gasteiger partial charge in [0, 0.05) is 50.9 Å². The van der Waals surface area contributed by atoms with Gasteiger partial charge in [0.15, 0.2) is 0 Å². The minimum Gasteiger partial charge on any atom is -0.368 e. The summed E-state index contributed by atoms with van der Waals surface area (Å²) in [5.74, 6) is -0.398. The van der Waals surface area contributed by atoms with Crippen molar-refractivity contribution in [1.29, 1.82) is 0 Å². The quantitative estimate of drug-likeness (QED) is 0.579. The van der Waals surface area contributed by atoms with E-state index in [0.717, 1.165) is 31.7 Å². The highest BCUT2D eigenvalue weighted by atomic mass is 19.1. The van der Waals surface area contributed by atoms with Crippen molar-refractivity contribution >= 4 is 23.6 Å². The summed E-state index contributed by atoms with van der Waals surface area (Å²) in [7, 11) is 0. The van der Waals surface area contributed by atoms with E-state index in [-0.39, 0.29) is 17.6 Å². The van der Waals surface area contributed by atoms with Gasteiger partial charge in [0.25, 0.3) is 0 Å². The van der Waals surface area contributed by atoms with Gasteiger partial charge in [-0.1, -0.05) is 30.3 Å². The van der Waals surface area contributed by atoms with Gasteiger partial charge >= 0.3 is 0 Å². The van der Waals surface area contributed by atoms with Gasteiger partial charge in [-0.05, 0) is 42.3 Å². The Morgan fingerprint density at radius 3 is 2.34 bits per heavy atom. The predicted octanol–water partition coefficient (Wildman–Crippen LogP) is 3.08. The lowest BCUT2D eigenvalue weighted by atomic mass is 10.2. The number of hydrogen-bond acceptors (Lipinski definition) is 3. The summed E-state index contributed by atoms with van der Waals surface area (Å²) in [5, 5.41) is 2.77. The molecule has 0 bridgehead atoms. The Morgan fingerprint density at radius 1 is 0.966 bits per heavy atom. The Labute approximate surface area is 170 Å². The fourth-order valence-electron chi connectivity index (χ4n) is 3.27. The highest BCUT2D eigenvalue weighted by Crippen LogP contribution is 2.16. The summed E-state index contributed by atoms with van der Waals surface area (Å²) < 4.78 is 12.9. The van der Waals surface area contributed by atoms with Gasteiger partial charge in [-0.3, -0.25) is 9.59 Å². The maximum absolute atomic E-state index is 12.9. The number of halogens is 1. The maximum atomic E-state index is 12.9. The van der Waals surface area contributed by atoms with E-state index in [0.29, 0.717) is 19.4 Å². The largest absolute Gasteiger partial charge is 0.368 e. The molecule has 29 heavy (non-hydrogen) atoms. The number of anilines is 1. The SMILES string of the molecule is O=C(C=Cc1ccc(F)cc1)NCCCC(=O)N1CCN(c2ccccc2)CC1. The standard InChI is InChI=1S/C23H26FN3O2/c24-20-11-8-19(9-12-20)10-13-22(28)25-14-4-7-23(29)27-17-15-26(16-18-27)21-5-2-1-3-6-21/h1-3,5-6,8-13H,4,7,14-18H2,(H,25,28). The molecule has 1 saturated heterocycles. The molecular formula is C23H26FN3O2. The first-order chi connectivity index (χ1) is 14.1.